The zero-order chi connectivity index (χ0) is 21.7. The van der Waals surface area contributed by atoms with Gasteiger partial charge < -0.3 is 19.4 Å². The maximum absolute atomic E-state index is 12.5. The van der Waals surface area contributed by atoms with E-state index in [-0.39, 0.29) is 28.5 Å². The predicted molar refractivity (Wildman–Crippen MR) is 108 cm³/mol. The van der Waals surface area contributed by atoms with Crippen LogP contribution in [0.15, 0.2) is 47.1 Å². The zero-order valence-corrected chi connectivity index (χ0v) is 17.2. The summed E-state index contributed by atoms with van der Waals surface area (Å²) >= 11 is 0. The Morgan fingerprint density at radius 3 is 2.60 bits per heavy atom. The van der Waals surface area contributed by atoms with Crippen molar-refractivity contribution in [2.75, 3.05) is 30.0 Å². The molecule has 1 N–H and O–H groups in total. The summed E-state index contributed by atoms with van der Waals surface area (Å²) in [6, 6.07) is 8.87. The van der Waals surface area contributed by atoms with Crippen molar-refractivity contribution in [3.63, 3.8) is 0 Å². The maximum Gasteiger partial charge on any atom is 0.340 e. The number of likely N-dealkylation sites (N-methyl/N-ethyl adjacent to an activating group) is 1. The summed E-state index contributed by atoms with van der Waals surface area (Å²) in [4.78, 5) is 38.6. The molecule has 0 radical (unpaired) electrons. The predicted octanol–water partition coefficient (Wildman–Crippen LogP) is 1.72. The summed E-state index contributed by atoms with van der Waals surface area (Å²) in [6.07, 6.45) is 1.73. The van der Waals surface area contributed by atoms with Gasteiger partial charge in [0.15, 0.2) is 22.2 Å². The summed E-state index contributed by atoms with van der Waals surface area (Å²) in [6.45, 7) is 1.53. The van der Waals surface area contributed by atoms with Crippen LogP contribution >= 0.6 is 0 Å². The van der Waals surface area contributed by atoms with E-state index in [0.29, 0.717) is 13.0 Å². The molecule has 9 nitrogen and oxygen atoms in total. The highest BCUT2D eigenvalue weighted by Crippen LogP contribution is 2.20. The standard InChI is InChI=1S/C20H22N2O7S/c1-2-22(14-9-11-30(26,27)13-14)18(23)12-29-20(25)15-6-3-4-7-16(15)21-19(24)17-8-5-10-28-17/h3-8,10,14H,2,9,11-13H2,1H3,(H,21,24). The molecule has 2 amide bonds. The normalized spacial score (nSPS) is 17.3. The number of benzene rings is 1. The summed E-state index contributed by atoms with van der Waals surface area (Å²) in [5.41, 5.74) is 0.294. The van der Waals surface area contributed by atoms with Crippen LogP contribution in [0.1, 0.15) is 34.3 Å². The molecule has 2 heterocycles. The number of furan rings is 1. The molecule has 0 spiro atoms. The summed E-state index contributed by atoms with van der Waals surface area (Å²) < 4.78 is 33.5. The van der Waals surface area contributed by atoms with Crippen LogP contribution in [0, 0.1) is 0 Å². The van der Waals surface area contributed by atoms with Gasteiger partial charge in [0.25, 0.3) is 11.8 Å². The number of hydrogen-bond acceptors (Lipinski definition) is 7. The van der Waals surface area contributed by atoms with Crippen LogP contribution in [-0.4, -0.2) is 61.8 Å². The fourth-order valence-corrected chi connectivity index (χ4v) is 5.04. The molecule has 1 aliphatic heterocycles. The second kappa shape index (κ2) is 9.12. The molecule has 0 bridgehead atoms. The van der Waals surface area contributed by atoms with Gasteiger partial charge >= 0.3 is 5.97 Å². The van der Waals surface area contributed by atoms with Crippen LogP contribution in [0.4, 0.5) is 5.69 Å². The van der Waals surface area contributed by atoms with Gasteiger partial charge in [-0.2, -0.15) is 0 Å². The number of nitrogens with one attached hydrogen (secondary N) is 1. The number of esters is 1. The van der Waals surface area contributed by atoms with Crippen LogP contribution in [0.25, 0.3) is 0 Å². The van der Waals surface area contributed by atoms with Gasteiger partial charge in [-0.05, 0) is 37.6 Å². The molecule has 0 aliphatic carbocycles. The minimum atomic E-state index is -3.14. The average Bonchev–Trinajstić information content (AvgIpc) is 3.37. The lowest BCUT2D eigenvalue weighted by molar-refractivity contribution is -0.136. The number of sulfone groups is 1. The lowest BCUT2D eigenvalue weighted by Crippen LogP contribution is -2.43. The highest BCUT2D eigenvalue weighted by molar-refractivity contribution is 7.91. The summed E-state index contributed by atoms with van der Waals surface area (Å²) in [5, 5.41) is 2.57. The lowest BCUT2D eigenvalue weighted by Gasteiger charge is -2.26. The largest absolute Gasteiger partial charge is 0.459 e. The molecule has 1 aromatic carbocycles. The maximum atomic E-state index is 12.5. The Kier molecular flexibility index (Phi) is 6.56. The molecule has 3 rings (SSSR count). The Bertz CT molecular complexity index is 1030. The van der Waals surface area contributed by atoms with Crippen molar-refractivity contribution in [3.05, 3.63) is 54.0 Å². The highest BCUT2D eigenvalue weighted by atomic mass is 32.2. The lowest BCUT2D eigenvalue weighted by atomic mass is 10.1. The molecular formula is C20H22N2O7S. The monoisotopic (exact) mass is 434 g/mol. The van der Waals surface area contributed by atoms with Crippen molar-refractivity contribution in [2.24, 2.45) is 0 Å². The van der Waals surface area contributed by atoms with Gasteiger partial charge in [-0.1, -0.05) is 12.1 Å². The van der Waals surface area contributed by atoms with E-state index >= 15 is 0 Å². The highest BCUT2D eigenvalue weighted by Gasteiger charge is 2.34. The number of carbonyl (C=O) groups excluding carboxylic acids is 3. The van der Waals surface area contributed by atoms with E-state index < -0.39 is 40.3 Å². The number of para-hydroxylation sites is 1. The Hall–Kier alpha value is -3.14. The van der Waals surface area contributed by atoms with Crippen molar-refractivity contribution < 1.29 is 32.0 Å². The Balaban J connectivity index is 1.63. The molecule has 30 heavy (non-hydrogen) atoms. The SMILES string of the molecule is CCN(C(=O)COC(=O)c1ccccc1NC(=O)c1ccco1)C1CCS(=O)(=O)C1. The third-order valence-electron chi connectivity index (χ3n) is 4.78. The molecule has 1 atom stereocenters. The number of carbonyl (C=O) groups is 3. The van der Waals surface area contributed by atoms with Crippen molar-refractivity contribution in [2.45, 2.75) is 19.4 Å². The van der Waals surface area contributed by atoms with Crippen LogP contribution < -0.4 is 5.32 Å². The minimum Gasteiger partial charge on any atom is -0.459 e. The molecule has 10 heteroatoms. The number of nitrogens with zero attached hydrogens (tertiary/aromatic N) is 1. The van der Waals surface area contributed by atoms with E-state index in [1.165, 1.54) is 29.4 Å². The fraction of sp³-hybridized carbons (Fsp3) is 0.350. The Morgan fingerprint density at radius 2 is 1.97 bits per heavy atom. The van der Waals surface area contributed by atoms with Gasteiger partial charge in [0, 0.05) is 12.6 Å². The average molecular weight is 434 g/mol. The third kappa shape index (κ3) is 5.07. The van der Waals surface area contributed by atoms with Gasteiger partial charge in [-0.15, -0.1) is 0 Å². The number of rotatable bonds is 7. The van der Waals surface area contributed by atoms with Crippen molar-refractivity contribution in [1.29, 1.82) is 0 Å². The number of ether oxygens (including phenoxy) is 1. The van der Waals surface area contributed by atoms with Crippen LogP contribution in [0.2, 0.25) is 0 Å². The smallest absolute Gasteiger partial charge is 0.340 e. The second-order valence-electron chi connectivity index (χ2n) is 6.79. The zero-order valence-electron chi connectivity index (χ0n) is 16.4. The molecule has 1 fully saturated rings. The van der Waals surface area contributed by atoms with E-state index in [2.05, 4.69) is 5.32 Å². The Morgan fingerprint density at radius 1 is 1.20 bits per heavy atom. The van der Waals surface area contributed by atoms with E-state index in [1.807, 2.05) is 0 Å². The number of amides is 2. The van der Waals surface area contributed by atoms with Crippen LogP contribution in [0.5, 0.6) is 0 Å². The van der Waals surface area contributed by atoms with Gasteiger partial charge in [-0.3, -0.25) is 9.59 Å². The first-order chi connectivity index (χ1) is 14.3. The number of hydrogen-bond donors (Lipinski definition) is 1. The van der Waals surface area contributed by atoms with Gasteiger partial charge in [-0.25, -0.2) is 13.2 Å². The van der Waals surface area contributed by atoms with Crippen LogP contribution in [0.3, 0.4) is 0 Å². The molecule has 1 saturated heterocycles. The van der Waals surface area contributed by atoms with Crippen molar-refractivity contribution >= 4 is 33.3 Å². The van der Waals surface area contributed by atoms with Crippen molar-refractivity contribution in [3.8, 4) is 0 Å². The molecule has 2 aromatic rings. The third-order valence-corrected chi connectivity index (χ3v) is 6.53. The molecule has 1 aromatic heterocycles. The van der Waals surface area contributed by atoms with E-state index in [1.54, 1.807) is 25.1 Å². The van der Waals surface area contributed by atoms with E-state index in [9.17, 15) is 22.8 Å². The molecule has 160 valence electrons. The number of anilines is 1. The summed E-state index contributed by atoms with van der Waals surface area (Å²) in [5.74, 6) is -1.74. The van der Waals surface area contributed by atoms with Crippen LogP contribution in [-0.2, 0) is 19.4 Å². The topological polar surface area (TPSA) is 123 Å². The summed E-state index contributed by atoms with van der Waals surface area (Å²) in [7, 11) is -3.14. The van der Waals surface area contributed by atoms with E-state index in [4.69, 9.17) is 9.15 Å². The van der Waals surface area contributed by atoms with Crippen molar-refractivity contribution in [1.82, 2.24) is 4.90 Å². The molecule has 1 aliphatic rings. The first-order valence-corrected chi connectivity index (χ1v) is 11.2. The van der Waals surface area contributed by atoms with Gasteiger partial charge in [0.1, 0.15) is 0 Å². The van der Waals surface area contributed by atoms with Gasteiger partial charge in [0.2, 0.25) is 0 Å². The van der Waals surface area contributed by atoms with E-state index in [0.717, 1.165) is 0 Å². The molecule has 0 saturated carbocycles. The second-order valence-corrected chi connectivity index (χ2v) is 9.02. The Labute approximate surface area is 173 Å². The quantitative estimate of drug-likeness (QED) is 0.658. The first-order valence-electron chi connectivity index (χ1n) is 9.41. The first kappa shape index (κ1) is 21.6. The molecule has 1 unspecified atom stereocenters. The minimum absolute atomic E-state index is 0.0456. The fourth-order valence-electron chi connectivity index (χ4n) is 3.31. The molecular weight excluding hydrogens is 412 g/mol. The van der Waals surface area contributed by atoms with Gasteiger partial charge in [0.05, 0.1) is 29.0 Å².